The van der Waals surface area contributed by atoms with Gasteiger partial charge in [0.2, 0.25) is 11.8 Å². The van der Waals surface area contributed by atoms with E-state index in [1.54, 1.807) is 4.90 Å². The number of hydrogen-bond donors (Lipinski definition) is 2. The lowest BCUT2D eigenvalue weighted by Gasteiger charge is -2.37. The van der Waals surface area contributed by atoms with Gasteiger partial charge in [-0.2, -0.15) is 0 Å². The third-order valence-electron chi connectivity index (χ3n) is 3.37. The number of carbonyl (C=O) groups excluding carboxylic acids is 2. The van der Waals surface area contributed by atoms with Gasteiger partial charge >= 0.3 is 0 Å². The Morgan fingerprint density at radius 3 is 2.71 bits per heavy atom. The van der Waals surface area contributed by atoms with Gasteiger partial charge in [0.25, 0.3) is 0 Å². The van der Waals surface area contributed by atoms with E-state index in [1.807, 2.05) is 13.8 Å². The van der Waals surface area contributed by atoms with Crippen LogP contribution < -0.4 is 11.1 Å². The van der Waals surface area contributed by atoms with Gasteiger partial charge in [-0.1, -0.05) is 6.92 Å². The Labute approximate surface area is 103 Å². The monoisotopic (exact) mass is 241 g/mol. The van der Waals surface area contributed by atoms with Crippen molar-refractivity contribution in [2.75, 3.05) is 19.6 Å². The van der Waals surface area contributed by atoms with Gasteiger partial charge < -0.3 is 16.0 Å². The summed E-state index contributed by atoms with van der Waals surface area (Å²) in [5.74, 6) is -0.347. The summed E-state index contributed by atoms with van der Waals surface area (Å²) < 4.78 is 0. The van der Waals surface area contributed by atoms with Crippen LogP contribution in [0.2, 0.25) is 0 Å². The summed E-state index contributed by atoms with van der Waals surface area (Å²) in [6, 6.07) is 0.222. The number of nitrogens with two attached hydrogens (primary N) is 1. The summed E-state index contributed by atoms with van der Waals surface area (Å²) in [6.07, 6.45) is 2.15. The highest BCUT2D eigenvalue weighted by Crippen LogP contribution is 2.22. The molecule has 0 spiro atoms. The Morgan fingerprint density at radius 2 is 2.12 bits per heavy atom. The molecule has 0 aromatic carbocycles. The van der Waals surface area contributed by atoms with Gasteiger partial charge in [0, 0.05) is 25.6 Å². The van der Waals surface area contributed by atoms with Crippen molar-refractivity contribution in [3.8, 4) is 0 Å². The third-order valence-corrected chi connectivity index (χ3v) is 3.37. The maximum Gasteiger partial charge on any atom is 0.224 e. The molecular formula is C12H23N3O2. The Morgan fingerprint density at radius 1 is 1.41 bits per heavy atom. The normalized spacial score (nSPS) is 24.7. The first-order chi connectivity index (χ1) is 8.06. The van der Waals surface area contributed by atoms with Crippen molar-refractivity contribution in [1.29, 1.82) is 0 Å². The lowest BCUT2D eigenvalue weighted by atomic mass is 9.92. The molecule has 5 nitrogen and oxygen atoms in total. The molecule has 0 radical (unpaired) electrons. The molecule has 1 aliphatic rings. The van der Waals surface area contributed by atoms with Crippen LogP contribution in [0.1, 0.15) is 33.1 Å². The van der Waals surface area contributed by atoms with E-state index in [4.69, 9.17) is 5.73 Å². The maximum absolute atomic E-state index is 12.0. The number of rotatable bonds is 5. The van der Waals surface area contributed by atoms with Gasteiger partial charge in [-0.3, -0.25) is 9.59 Å². The van der Waals surface area contributed by atoms with Crippen LogP contribution >= 0.6 is 0 Å². The Kier molecular flexibility index (Phi) is 5.41. The fourth-order valence-electron chi connectivity index (χ4n) is 2.20. The van der Waals surface area contributed by atoms with E-state index in [1.165, 1.54) is 0 Å². The molecule has 0 saturated carbocycles. The summed E-state index contributed by atoms with van der Waals surface area (Å²) >= 11 is 0. The number of nitrogens with one attached hydrogen (secondary N) is 1. The molecule has 2 unspecified atom stereocenters. The average Bonchev–Trinajstić information content (AvgIpc) is 2.29. The van der Waals surface area contributed by atoms with Crippen molar-refractivity contribution in [1.82, 2.24) is 10.2 Å². The van der Waals surface area contributed by atoms with Crippen LogP contribution in [0, 0.1) is 5.92 Å². The second kappa shape index (κ2) is 6.59. The Bertz CT molecular complexity index is 281. The minimum absolute atomic E-state index is 0.115. The smallest absolute Gasteiger partial charge is 0.224 e. The van der Waals surface area contributed by atoms with Crippen molar-refractivity contribution in [2.24, 2.45) is 11.7 Å². The van der Waals surface area contributed by atoms with Gasteiger partial charge in [0.1, 0.15) is 0 Å². The molecule has 98 valence electrons. The van der Waals surface area contributed by atoms with E-state index in [0.717, 1.165) is 19.4 Å². The second-order valence-electron chi connectivity index (χ2n) is 4.68. The molecule has 1 fully saturated rings. The van der Waals surface area contributed by atoms with Gasteiger partial charge in [0.15, 0.2) is 0 Å². The molecule has 0 bridgehead atoms. The molecular weight excluding hydrogens is 218 g/mol. The highest BCUT2D eigenvalue weighted by atomic mass is 16.2. The van der Waals surface area contributed by atoms with Crippen molar-refractivity contribution < 1.29 is 9.59 Å². The topological polar surface area (TPSA) is 75.4 Å². The molecule has 0 aromatic heterocycles. The van der Waals surface area contributed by atoms with Gasteiger partial charge in [0.05, 0.1) is 5.92 Å². The quantitative estimate of drug-likeness (QED) is 0.670. The van der Waals surface area contributed by atoms with E-state index >= 15 is 0 Å². The van der Waals surface area contributed by atoms with Crippen LogP contribution in [0.4, 0.5) is 0 Å². The van der Waals surface area contributed by atoms with E-state index in [2.05, 4.69) is 5.32 Å². The number of likely N-dealkylation sites (tertiary alicyclic amines) is 1. The van der Waals surface area contributed by atoms with Crippen molar-refractivity contribution in [3.05, 3.63) is 0 Å². The van der Waals surface area contributed by atoms with Crippen LogP contribution in [0.25, 0.3) is 0 Å². The van der Waals surface area contributed by atoms with Gasteiger partial charge in [-0.25, -0.2) is 0 Å². The summed E-state index contributed by atoms with van der Waals surface area (Å²) in [6.45, 7) is 6.09. The number of primary amides is 1. The zero-order valence-corrected chi connectivity index (χ0v) is 10.7. The highest BCUT2D eigenvalue weighted by Gasteiger charge is 2.30. The zero-order valence-electron chi connectivity index (χ0n) is 10.7. The number of hydrogen-bond acceptors (Lipinski definition) is 3. The first kappa shape index (κ1) is 14.0. The highest BCUT2D eigenvalue weighted by molar-refractivity contribution is 5.80. The summed E-state index contributed by atoms with van der Waals surface area (Å²) in [5.41, 5.74) is 5.31. The Balaban J connectivity index is 2.48. The minimum Gasteiger partial charge on any atom is -0.369 e. The lowest BCUT2D eigenvalue weighted by molar-refractivity contribution is -0.137. The first-order valence-electron chi connectivity index (χ1n) is 6.35. The van der Waals surface area contributed by atoms with Crippen molar-refractivity contribution >= 4 is 11.8 Å². The van der Waals surface area contributed by atoms with E-state index in [9.17, 15) is 9.59 Å². The van der Waals surface area contributed by atoms with E-state index in [-0.39, 0.29) is 23.8 Å². The molecule has 0 aromatic rings. The van der Waals surface area contributed by atoms with Crippen LogP contribution in [0.5, 0.6) is 0 Å². The second-order valence-corrected chi connectivity index (χ2v) is 4.68. The first-order valence-corrected chi connectivity index (χ1v) is 6.35. The van der Waals surface area contributed by atoms with Crippen LogP contribution in [-0.2, 0) is 9.59 Å². The number of carbonyl (C=O) groups is 2. The van der Waals surface area contributed by atoms with Gasteiger partial charge in [-0.05, 0) is 26.3 Å². The van der Waals surface area contributed by atoms with Crippen molar-refractivity contribution in [2.45, 2.75) is 39.2 Å². The molecule has 5 heteroatoms. The molecule has 1 saturated heterocycles. The minimum atomic E-state index is -0.290. The number of amides is 2. The molecule has 1 rings (SSSR count). The van der Waals surface area contributed by atoms with Crippen LogP contribution in [0.3, 0.4) is 0 Å². The predicted molar refractivity (Wildman–Crippen MR) is 66.3 cm³/mol. The van der Waals surface area contributed by atoms with Crippen molar-refractivity contribution in [3.63, 3.8) is 0 Å². The van der Waals surface area contributed by atoms with E-state index < -0.39 is 0 Å². The Hall–Kier alpha value is -1.10. The van der Waals surface area contributed by atoms with Crippen LogP contribution in [-0.4, -0.2) is 42.4 Å². The SMILES string of the molecule is CCNCCC(=O)N1CC(C(N)=O)CCC1C. The fourth-order valence-corrected chi connectivity index (χ4v) is 2.20. The summed E-state index contributed by atoms with van der Waals surface area (Å²) in [5, 5.41) is 3.13. The summed E-state index contributed by atoms with van der Waals surface area (Å²) in [4.78, 5) is 24.9. The molecule has 17 heavy (non-hydrogen) atoms. The number of piperidine rings is 1. The zero-order chi connectivity index (χ0) is 12.8. The predicted octanol–water partition coefficient (Wildman–Crippen LogP) is 0.0984. The lowest BCUT2D eigenvalue weighted by Crippen LogP contribution is -2.49. The maximum atomic E-state index is 12.0. The third kappa shape index (κ3) is 4.00. The van der Waals surface area contributed by atoms with Crippen LogP contribution in [0.15, 0.2) is 0 Å². The fraction of sp³-hybridized carbons (Fsp3) is 0.833. The molecule has 1 aliphatic heterocycles. The standard InChI is InChI=1S/C12H23N3O2/c1-3-14-7-6-11(16)15-8-10(12(13)17)5-4-9(15)2/h9-10,14H,3-8H2,1-2H3,(H2,13,17). The molecule has 3 N–H and O–H groups in total. The average molecular weight is 241 g/mol. The van der Waals surface area contributed by atoms with E-state index in [0.29, 0.717) is 19.5 Å². The molecule has 2 amide bonds. The molecule has 2 atom stereocenters. The summed E-state index contributed by atoms with van der Waals surface area (Å²) in [7, 11) is 0. The molecule has 0 aliphatic carbocycles. The molecule has 1 heterocycles. The van der Waals surface area contributed by atoms with Gasteiger partial charge in [-0.15, -0.1) is 0 Å². The number of nitrogens with zero attached hydrogens (tertiary/aromatic N) is 1. The largest absolute Gasteiger partial charge is 0.369 e.